The van der Waals surface area contributed by atoms with Gasteiger partial charge in [0.15, 0.2) is 0 Å². The Hall–Kier alpha value is -1.43. The minimum atomic E-state index is -0.199. The molecule has 5 nitrogen and oxygen atoms in total. The summed E-state index contributed by atoms with van der Waals surface area (Å²) in [6.07, 6.45) is 0. The second-order valence-electron chi connectivity index (χ2n) is 5.08. The number of hydrazine groups is 1. The Kier molecular flexibility index (Phi) is 4.90. The van der Waals surface area contributed by atoms with Crippen LogP contribution in [0.15, 0.2) is 30.3 Å². The van der Waals surface area contributed by atoms with Crippen molar-refractivity contribution in [1.82, 2.24) is 15.2 Å². The van der Waals surface area contributed by atoms with E-state index in [-0.39, 0.29) is 11.8 Å². The zero-order valence-electron chi connectivity index (χ0n) is 11.4. The molecule has 0 saturated carbocycles. The van der Waals surface area contributed by atoms with E-state index < -0.39 is 0 Å². The summed E-state index contributed by atoms with van der Waals surface area (Å²) in [4.78, 5) is 16.6. The molecule has 0 radical (unpaired) electrons. The first kappa shape index (κ1) is 14.0. The van der Waals surface area contributed by atoms with Crippen LogP contribution in [0.1, 0.15) is 11.5 Å². The van der Waals surface area contributed by atoms with Gasteiger partial charge < -0.3 is 4.90 Å². The molecule has 1 heterocycles. The summed E-state index contributed by atoms with van der Waals surface area (Å²) in [5.74, 6) is 4.99. The van der Waals surface area contributed by atoms with Crippen LogP contribution in [0.3, 0.4) is 0 Å². The number of amides is 1. The Morgan fingerprint density at radius 2 is 1.89 bits per heavy atom. The minimum absolute atomic E-state index is 0.120. The minimum Gasteiger partial charge on any atom is -0.304 e. The predicted octanol–water partition coefficient (Wildman–Crippen LogP) is 0.00750. The van der Waals surface area contributed by atoms with Crippen LogP contribution in [0.25, 0.3) is 0 Å². The monoisotopic (exact) mass is 262 g/mol. The molecule has 1 atom stereocenters. The number of nitrogens with two attached hydrogens (primary N) is 1. The molecule has 1 aromatic rings. The molecule has 0 aliphatic carbocycles. The molecular weight excluding hydrogens is 240 g/mol. The second-order valence-corrected chi connectivity index (χ2v) is 5.08. The zero-order valence-corrected chi connectivity index (χ0v) is 11.4. The Bertz CT molecular complexity index is 401. The maximum absolute atomic E-state index is 12.0. The van der Waals surface area contributed by atoms with Crippen molar-refractivity contribution >= 4 is 5.91 Å². The average molecular weight is 262 g/mol. The molecule has 0 spiro atoms. The highest BCUT2D eigenvalue weighted by molar-refractivity contribution is 5.83. The van der Waals surface area contributed by atoms with Gasteiger partial charge in [-0.25, -0.2) is 5.84 Å². The van der Waals surface area contributed by atoms with Crippen LogP contribution in [-0.4, -0.2) is 55.5 Å². The van der Waals surface area contributed by atoms with Crippen molar-refractivity contribution in [2.75, 3.05) is 39.8 Å². The highest BCUT2D eigenvalue weighted by Gasteiger charge is 2.24. The zero-order chi connectivity index (χ0) is 13.7. The number of nitrogens with one attached hydrogen (secondary N) is 1. The first-order valence-electron chi connectivity index (χ1n) is 6.67. The van der Waals surface area contributed by atoms with Crippen molar-refractivity contribution in [1.29, 1.82) is 0 Å². The van der Waals surface area contributed by atoms with Gasteiger partial charge in [-0.05, 0) is 12.6 Å². The number of likely N-dealkylation sites (N-methyl/N-ethyl adjacent to an activating group) is 1. The fourth-order valence-corrected chi connectivity index (χ4v) is 2.41. The molecule has 0 bridgehead atoms. The largest absolute Gasteiger partial charge is 0.304 e. The summed E-state index contributed by atoms with van der Waals surface area (Å²) in [6, 6.07) is 9.83. The van der Waals surface area contributed by atoms with Crippen LogP contribution in [0.2, 0.25) is 0 Å². The molecule has 104 valence electrons. The lowest BCUT2D eigenvalue weighted by atomic mass is 9.97. The third-order valence-electron chi connectivity index (χ3n) is 3.70. The van der Waals surface area contributed by atoms with Gasteiger partial charge in [0.1, 0.15) is 0 Å². The van der Waals surface area contributed by atoms with E-state index in [1.807, 2.05) is 30.3 Å². The van der Waals surface area contributed by atoms with E-state index in [1.54, 1.807) is 0 Å². The Labute approximate surface area is 114 Å². The molecule has 1 aliphatic heterocycles. The first-order chi connectivity index (χ1) is 9.20. The quantitative estimate of drug-likeness (QED) is 0.456. The van der Waals surface area contributed by atoms with Crippen molar-refractivity contribution in [3.05, 3.63) is 35.9 Å². The third kappa shape index (κ3) is 3.76. The third-order valence-corrected chi connectivity index (χ3v) is 3.70. The van der Waals surface area contributed by atoms with E-state index >= 15 is 0 Å². The number of rotatable bonds is 4. The van der Waals surface area contributed by atoms with Gasteiger partial charge in [0.05, 0.1) is 5.92 Å². The molecule has 3 N–H and O–H groups in total. The molecular formula is C14H22N4O. The van der Waals surface area contributed by atoms with E-state index in [9.17, 15) is 4.79 Å². The standard InChI is InChI=1S/C14H22N4O/c1-17-7-9-18(10-8-17)11-13(14(19)16-15)12-5-3-2-4-6-12/h2-6,13H,7-11,15H2,1H3,(H,16,19). The second kappa shape index (κ2) is 6.65. The summed E-state index contributed by atoms with van der Waals surface area (Å²) >= 11 is 0. The molecule has 1 aliphatic rings. The van der Waals surface area contributed by atoms with Crippen molar-refractivity contribution in [2.24, 2.45) is 5.84 Å². The fourth-order valence-electron chi connectivity index (χ4n) is 2.41. The first-order valence-corrected chi connectivity index (χ1v) is 6.67. The summed E-state index contributed by atoms with van der Waals surface area (Å²) in [7, 11) is 2.12. The van der Waals surface area contributed by atoms with Crippen LogP contribution < -0.4 is 11.3 Å². The van der Waals surface area contributed by atoms with Crippen molar-refractivity contribution < 1.29 is 4.79 Å². The number of hydrogen-bond acceptors (Lipinski definition) is 4. The fraction of sp³-hybridized carbons (Fsp3) is 0.500. The number of benzene rings is 1. The van der Waals surface area contributed by atoms with Crippen molar-refractivity contribution in [3.63, 3.8) is 0 Å². The number of carbonyl (C=O) groups excluding carboxylic acids is 1. The van der Waals surface area contributed by atoms with E-state index in [1.165, 1.54) is 0 Å². The van der Waals surface area contributed by atoms with Crippen LogP contribution in [-0.2, 0) is 4.79 Å². The number of nitrogens with zero attached hydrogens (tertiary/aromatic N) is 2. The topological polar surface area (TPSA) is 61.6 Å². The number of hydrogen-bond donors (Lipinski definition) is 2. The van der Waals surface area contributed by atoms with Crippen LogP contribution in [0.5, 0.6) is 0 Å². The van der Waals surface area contributed by atoms with Crippen LogP contribution >= 0.6 is 0 Å². The number of carbonyl (C=O) groups is 1. The van der Waals surface area contributed by atoms with Gasteiger partial charge in [0.2, 0.25) is 5.91 Å². The van der Waals surface area contributed by atoms with Gasteiger partial charge >= 0.3 is 0 Å². The highest BCUT2D eigenvalue weighted by atomic mass is 16.2. The lowest BCUT2D eigenvalue weighted by molar-refractivity contribution is -0.123. The van der Waals surface area contributed by atoms with Crippen LogP contribution in [0.4, 0.5) is 0 Å². The summed E-state index contributed by atoms with van der Waals surface area (Å²) in [5, 5.41) is 0. The maximum atomic E-state index is 12.0. The maximum Gasteiger partial charge on any atom is 0.242 e. The summed E-state index contributed by atoms with van der Waals surface area (Å²) < 4.78 is 0. The van der Waals surface area contributed by atoms with Crippen LogP contribution in [0, 0.1) is 0 Å². The molecule has 1 unspecified atom stereocenters. The highest BCUT2D eigenvalue weighted by Crippen LogP contribution is 2.18. The Balaban J connectivity index is 2.05. The summed E-state index contributed by atoms with van der Waals surface area (Å²) in [5.41, 5.74) is 3.30. The Morgan fingerprint density at radius 1 is 1.26 bits per heavy atom. The molecule has 1 fully saturated rings. The lowest BCUT2D eigenvalue weighted by Gasteiger charge is -2.34. The molecule has 0 aromatic heterocycles. The van der Waals surface area contributed by atoms with Crippen molar-refractivity contribution in [3.8, 4) is 0 Å². The normalized spacial score (nSPS) is 19.1. The van der Waals surface area contributed by atoms with E-state index in [0.29, 0.717) is 0 Å². The van der Waals surface area contributed by atoms with Gasteiger partial charge in [0, 0.05) is 32.7 Å². The number of piperazine rings is 1. The SMILES string of the molecule is CN1CCN(CC(C(=O)NN)c2ccccc2)CC1. The van der Waals surface area contributed by atoms with Gasteiger partial charge in [-0.3, -0.25) is 15.1 Å². The Morgan fingerprint density at radius 3 is 2.47 bits per heavy atom. The molecule has 5 heteroatoms. The van der Waals surface area contributed by atoms with E-state index in [2.05, 4.69) is 22.3 Å². The molecule has 1 saturated heterocycles. The molecule has 1 amide bonds. The molecule has 19 heavy (non-hydrogen) atoms. The molecule has 1 aromatic carbocycles. The lowest BCUT2D eigenvalue weighted by Crippen LogP contribution is -2.48. The smallest absolute Gasteiger partial charge is 0.242 e. The van der Waals surface area contributed by atoms with Gasteiger partial charge in [-0.1, -0.05) is 30.3 Å². The van der Waals surface area contributed by atoms with Gasteiger partial charge in [0.25, 0.3) is 0 Å². The van der Waals surface area contributed by atoms with Gasteiger partial charge in [-0.15, -0.1) is 0 Å². The van der Waals surface area contributed by atoms with E-state index in [0.717, 1.165) is 38.3 Å². The summed E-state index contributed by atoms with van der Waals surface area (Å²) in [6.45, 7) is 4.81. The van der Waals surface area contributed by atoms with Gasteiger partial charge in [-0.2, -0.15) is 0 Å². The molecule has 2 rings (SSSR count). The predicted molar refractivity (Wildman–Crippen MR) is 75.5 cm³/mol. The van der Waals surface area contributed by atoms with Crippen molar-refractivity contribution in [2.45, 2.75) is 5.92 Å². The van der Waals surface area contributed by atoms with E-state index in [4.69, 9.17) is 5.84 Å². The average Bonchev–Trinajstić information content (AvgIpc) is 2.47.